The van der Waals surface area contributed by atoms with Crippen LogP contribution in [0.3, 0.4) is 0 Å². The number of rotatable bonds is 7. The summed E-state index contributed by atoms with van der Waals surface area (Å²) in [5.74, 6) is 0.191. The highest BCUT2D eigenvalue weighted by molar-refractivity contribution is 5.76. The summed E-state index contributed by atoms with van der Waals surface area (Å²) in [6.07, 6.45) is 7.62. The second-order valence-electron chi connectivity index (χ2n) is 4.79. The summed E-state index contributed by atoms with van der Waals surface area (Å²) in [7, 11) is 0. The number of hydrogen-bond donors (Lipinski definition) is 2. The van der Waals surface area contributed by atoms with Crippen molar-refractivity contribution in [3.63, 3.8) is 0 Å². The Bertz CT molecular complexity index is 194. The Morgan fingerprint density at radius 1 is 1.40 bits per heavy atom. The van der Waals surface area contributed by atoms with Crippen LogP contribution in [0.5, 0.6) is 0 Å². The summed E-state index contributed by atoms with van der Waals surface area (Å²) >= 11 is 0. The average Bonchev–Trinajstić information content (AvgIpc) is 2.18. The molecule has 88 valence electrons. The molecule has 0 aromatic heterocycles. The van der Waals surface area contributed by atoms with Gasteiger partial charge in [-0.3, -0.25) is 4.79 Å². The summed E-state index contributed by atoms with van der Waals surface area (Å²) in [6, 6.07) is 0. The maximum Gasteiger partial charge on any atom is 0.220 e. The van der Waals surface area contributed by atoms with Gasteiger partial charge in [-0.15, -0.1) is 0 Å². The number of carbonyl (C=O) groups excluding carboxylic acids is 1. The minimum atomic E-state index is 0.148. The molecule has 0 aromatic rings. The zero-order valence-corrected chi connectivity index (χ0v) is 9.85. The van der Waals surface area contributed by atoms with E-state index in [1.54, 1.807) is 0 Å². The molecule has 0 heterocycles. The molecule has 15 heavy (non-hydrogen) atoms. The summed E-state index contributed by atoms with van der Waals surface area (Å²) < 4.78 is 0. The predicted molar refractivity (Wildman–Crippen MR) is 62.5 cm³/mol. The molecule has 1 aliphatic rings. The Labute approximate surface area is 92.8 Å². The van der Waals surface area contributed by atoms with E-state index in [0.717, 1.165) is 25.8 Å². The number of carbonyl (C=O) groups is 1. The van der Waals surface area contributed by atoms with Crippen LogP contribution in [-0.2, 0) is 4.79 Å². The summed E-state index contributed by atoms with van der Waals surface area (Å²) in [6.45, 7) is 3.66. The standard InChI is InChI=1S/C12H24N2O/c1-2-3-4-8-14-11(15)9-12(10-13)6-5-7-12/h2-10,13H2,1H3,(H,14,15). The number of hydrogen-bond acceptors (Lipinski definition) is 2. The molecule has 3 heteroatoms. The van der Waals surface area contributed by atoms with Crippen LogP contribution in [0.2, 0.25) is 0 Å². The molecule has 3 N–H and O–H groups in total. The molecule has 0 saturated heterocycles. The van der Waals surface area contributed by atoms with Gasteiger partial charge in [-0.2, -0.15) is 0 Å². The van der Waals surface area contributed by atoms with E-state index in [0.29, 0.717) is 13.0 Å². The average molecular weight is 212 g/mol. The molecule has 0 aliphatic heterocycles. The molecule has 1 saturated carbocycles. The van der Waals surface area contributed by atoms with Crippen LogP contribution in [0.25, 0.3) is 0 Å². The van der Waals surface area contributed by atoms with Gasteiger partial charge in [-0.1, -0.05) is 26.2 Å². The van der Waals surface area contributed by atoms with Crippen molar-refractivity contribution in [2.24, 2.45) is 11.1 Å². The second-order valence-corrected chi connectivity index (χ2v) is 4.79. The van der Waals surface area contributed by atoms with Gasteiger partial charge < -0.3 is 11.1 Å². The zero-order valence-electron chi connectivity index (χ0n) is 9.85. The van der Waals surface area contributed by atoms with E-state index in [4.69, 9.17) is 5.73 Å². The topological polar surface area (TPSA) is 55.1 Å². The molecule has 0 unspecified atom stereocenters. The number of amides is 1. The van der Waals surface area contributed by atoms with Crippen molar-refractivity contribution in [2.45, 2.75) is 51.9 Å². The lowest BCUT2D eigenvalue weighted by molar-refractivity contribution is -0.124. The van der Waals surface area contributed by atoms with Crippen LogP contribution in [-0.4, -0.2) is 19.0 Å². The minimum absolute atomic E-state index is 0.148. The van der Waals surface area contributed by atoms with E-state index in [1.807, 2.05) is 0 Å². The fourth-order valence-corrected chi connectivity index (χ4v) is 2.14. The normalized spacial score (nSPS) is 18.3. The van der Waals surface area contributed by atoms with E-state index < -0.39 is 0 Å². The highest BCUT2D eigenvalue weighted by Gasteiger charge is 2.37. The first kappa shape index (κ1) is 12.5. The molecule has 0 aromatic carbocycles. The predicted octanol–water partition coefficient (Wildman–Crippen LogP) is 1.81. The smallest absolute Gasteiger partial charge is 0.220 e. The van der Waals surface area contributed by atoms with Crippen molar-refractivity contribution < 1.29 is 4.79 Å². The fraction of sp³-hybridized carbons (Fsp3) is 0.917. The van der Waals surface area contributed by atoms with Crippen molar-refractivity contribution in [1.82, 2.24) is 5.32 Å². The number of nitrogens with two attached hydrogens (primary N) is 1. The molecule has 0 radical (unpaired) electrons. The molecule has 1 amide bonds. The molecule has 1 rings (SSSR count). The van der Waals surface area contributed by atoms with Gasteiger partial charge in [-0.05, 0) is 31.2 Å². The van der Waals surface area contributed by atoms with Crippen molar-refractivity contribution >= 4 is 5.91 Å². The van der Waals surface area contributed by atoms with Crippen LogP contribution in [0.15, 0.2) is 0 Å². The van der Waals surface area contributed by atoms with Gasteiger partial charge in [0.1, 0.15) is 0 Å². The zero-order chi connectivity index (χ0) is 11.1. The lowest BCUT2D eigenvalue weighted by atomic mass is 9.66. The van der Waals surface area contributed by atoms with E-state index in [2.05, 4.69) is 12.2 Å². The highest BCUT2D eigenvalue weighted by atomic mass is 16.1. The lowest BCUT2D eigenvalue weighted by Gasteiger charge is -2.40. The number of unbranched alkanes of at least 4 members (excludes halogenated alkanes) is 2. The Kier molecular flexibility index (Phi) is 5.09. The van der Waals surface area contributed by atoms with Crippen LogP contribution < -0.4 is 11.1 Å². The van der Waals surface area contributed by atoms with Crippen LogP contribution in [0.4, 0.5) is 0 Å². The maximum absolute atomic E-state index is 11.6. The third-order valence-corrected chi connectivity index (χ3v) is 3.49. The van der Waals surface area contributed by atoms with Crippen molar-refractivity contribution in [3.05, 3.63) is 0 Å². The third-order valence-electron chi connectivity index (χ3n) is 3.49. The highest BCUT2D eigenvalue weighted by Crippen LogP contribution is 2.42. The Morgan fingerprint density at radius 3 is 2.60 bits per heavy atom. The van der Waals surface area contributed by atoms with Gasteiger partial charge >= 0.3 is 0 Å². The van der Waals surface area contributed by atoms with Gasteiger partial charge in [0.15, 0.2) is 0 Å². The third kappa shape index (κ3) is 3.82. The monoisotopic (exact) mass is 212 g/mol. The van der Waals surface area contributed by atoms with Crippen molar-refractivity contribution in [3.8, 4) is 0 Å². The van der Waals surface area contributed by atoms with Gasteiger partial charge in [-0.25, -0.2) is 0 Å². The van der Waals surface area contributed by atoms with Gasteiger partial charge in [0, 0.05) is 13.0 Å². The molecular formula is C12H24N2O. The van der Waals surface area contributed by atoms with E-state index in [1.165, 1.54) is 19.3 Å². The maximum atomic E-state index is 11.6. The van der Waals surface area contributed by atoms with Crippen LogP contribution in [0, 0.1) is 5.41 Å². The summed E-state index contributed by atoms with van der Waals surface area (Å²) in [5, 5.41) is 2.98. The largest absolute Gasteiger partial charge is 0.356 e. The van der Waals surface area contributed by atoms with Crippen molar-refractivity contribution in [2.75, 3.05) is 13.1 Å². The van der Waals surface area contributed by atoms with Crippen molar-refractivity contribution in [1.29, 1.82) is 0 Å². The van der Waals surface area contributed by atoms with Crippen LogP contribution >= 0.6 is 0 Å². The number of nitrogens with one attached hydrogen (secondary N) is 1. The SMILES string of the molecule is CCCCCNC(=O)CC1(CN)CCC1. The van der Waals surface area contributed by atoms with Gasteiger partial charge in [0.2, 0.25) is 5.91 Å². The summed E-state index contributed by atoms with van der Waals surface area (Å²) in [4.78, 5) is 11.6. The molecule has 0 atom stereocenters. The first-order valence-corrected chi connectivity index (χ1v) is 6.19. The Hall–Kier alpha value is -0.570. The quantitative estimate of drug-likeness (QED) is 0.632. The Balaban J connectivity index is 2.12. The first-order chi connectivity index (χ1) is 7.22. The molecule has 0 bridgehead atoms. The van der Waals surface area contributed by atoms with Crippen LogP contribution in [0.1, 0.15) is 51.9 Å². The fourth-order valence-electron chi connectivity index (χ4n) is 2.14. The molecular weight excluding hydrogens is 188 g/mol. The Morgan fingerprint density at radius 2 is 2.13 bits per heavy atom. The van der Waals surface area contributed by atoms with Gasteiger partial charge in [0.25, 0.3) is 0 Å². The van der Waals surface area contributed by atoms with Gasteiger partial charge in [0.05, 0.1) is 0 Å². The molecule has 3 nitrogen and oxygen atoms in total. The molecule has 1 aliphatic carbocycles. The van der Waals surface area contributed by atoms with E-state index >= 15 is 0 Å². The summed E-state index contributed by atoms with van der Waals surface area (Å²) in [5.41, 5.74) is 5.86. The first-order valence-electron chi connectivity index (χ1n) is 6.19. The van der Waals surface area contributed by atoms with E-state index in [9.17, 15) is 4.79 Å². The molecule has 1 fully saturated rings. The van der Waals surface area contributed by atoms with E-state index in [-0.39, 0.29) is 11.3 Å². The lowest BCUT2D eigenvalue weighted by Crippen LogP contribution is -2.42. The second kappa shape index (κ2) is 6.11. The molecule has 0 spiro atoms. The minimum Gasteiger partial charge on any atom is -0.356 e.